The van der Waals surface area contributed by atoms with Crippen molar-refractivity contribution in [2.24, 2.45) is 5.41 Å². The van der Waals surface area contributed by atoms with Crippen LogP contribution in [0.4, 0.5) is 0 Å². The van der Waals surface area contributed by atoms with E-state index in [0.717, 1.165) is 23.4 Å². The number of esters is 1. The first-order valence-corrected chi connectivity index (χ1v) is 11.0. The summed E-state index contributed by atoms with van der Waals surface area (Å²) in [5, 5.41) is 10.8. The highest BCUT2D eigenvalue weighted by Crippen LogP contribution is 2.51. The number of aliphatic hydroxyl groups is 1. The molecule has 0 amide bonds. The first kappa shape index (κ1) is 22.0. The summed E-state index contributed by atoms with van der Waals surface area (Å²) >= 11 is 0. The average molecular weight is 437 g/mol. The number of nitrogens with zero attached hydrogens (tertiary/aromatic N) is 2. The summed E-state index contributed by atoms with van der Waals surface area (Å²) in [5.74, 6) is 1.48. The summed E-state index contributed by atoms with van der Waals surface area (Å²) in [6, 6.07) is 13.2. The smallest absolute Gasteiger partial charge is 0.315 e. The SMILES string of the molecule is CCOC(=O)C1(C(O)c2ccc(OCCc3nc(-c4ccccc4)oc3C)nc2)CCC1. The monoisotopic (exact) mass is 436 g/mol. The molecule has 0 bridgehead atoms. The molecule has 1 aliphatic rings. The van der Waals surface area contributed by atoms with E-state index in [9.17, 15) is 9.90 Å². The fraction of sp³-hybridized carbons (Fsp3) is 0.400. The van der Waals surface area contributed by atoms with Gasteiger partial charge in [0.2, 0.25) is 11.8 Å². The second-order valence-electron chi connectivity index (χ2n) is 8.05. The highest BCUT2D eigenvalue weighted by Gasteiger charge is 2.51. The van der Waals surface area contributed by atoms with Gasteiger partial charge in [-0.1, -0.05) is 24.6 Å². The molecule has 32 heavy (non-hydrogen) atoms. The van der Waals surface area contributed by atoms with Crippen molar-refractivity contribution in [1.29, 1.82) is 0 Å². The summed E-state index contributed by atoms with van der Waals surface area (Å²) in [5.41, 5.74) is 1.51. The minimum atomic E-state index is -0.939. The van der Waals surface area contributed by atoms with Crippen molar-refractivity contribution in [3.8, 4) is 17.3 Å². The second-order valence-corrected chi connectivity index (χ2v) is 8.05. The fourth-order valence-electron chi connectivity index (χ4n) is 4.00. The number of aliphatic hydroxyl groups excluding tert-OH is 1. The van der Waals surface area contributed by atoms with Gasteiger partial charge in [-0.2, -0.15) is 0 Å². The maximum absolute atomic E-state index is 12.4. The molecule has 0 saturated heterocycles. The summed E-state index contributed by atoms with van der Waals surface area (Å²) in [7, 11) is 0. The molecule has 1 saturated carbocycles. The maximum Gasteiger partial charge on any atom is 0.315 e. The molecule has 1 aliphatic carbocycles. The number of aromatic nitrogens is 2. The Morgan fingerprint density at radius 1 is 1.22 bits per heavy atom. The Morgan fingerprint density at radius 3 is 2.62 bits per heavy atom. The van der Waals surface area contributed by atoms with Crippen LogP contribution in [-0.2, 0) is 16.0 Å². The Labute approximate surface area is 187 Å². The zero-order valence-corrected chi connectivity index (χ0v) is 18.4. The summed E-state index contributed by atoms with van der Waals surface area (Å²) in [6.45, 7) is 4.36. The van der Waals surface area contributed by atoms with Gasteiger partial charge >= 0.3 is 5.97 Å². The van der Waals surface area contributed by atoms with Crippen LogP contribution in [-0.4, -0.2) is 34.3 Å². The van der Waals surface area contributed by atoms with E-state index in [2.05, 4.69) is 9.97 Å². The van der Waals surface area contributed by atoms with E-state index in [1.54, 1.807) is 25.3 Å². The Balaban J connectivity index is 1.35. The lowest BCUT2D eigenvalue weighted by Gasteiger charge is -2.42. The van der Waals surface area contributed by atoms with Crippen LogP contribution in [0, 0.1) is 12.3 Å². The van der Waals surface area contributed by atoms with Crippen molar-refractivity contribution in [2.75, 3.05) is 13.2 Å². The van der Waals surface area contributed by atoms with Crippen LogP contribution < -0.4 is 4.74 Å². The van der Waals surface area contributed by atoms with Crippen LogP contribution in [0.2, 0.25) is 0 Å². The standard InChI is InChI=1S/C25H28N2O5/c1-3-30-24(29)25(13-7-14-25)22(28)19-10-11-21(26-16-19)31-15-12-20-17(2)32-23(27-20)18-8-5-4-6-9-18/h4-6,8-11,16,22,28H,3,7,12-15H2,1-2H3. The molecule has 7 nitrogen and oxygen atoms in total. The van der Waals surface area contributed by atoms with Crippen molar-refractivity contribution in [3.63, 3.8) is 0 Å². The van der Waals surface area contributed by atoms with Gasteiger partial charge in [-0.05, 0) is 44.9 Å². The molecule has 1 unspecified atom stereocenters. The van der Waals surface area contributed by atoms with Gasteiger partial charge in [0.05, 0.1) is 30.4 Å². The number of oxazole rings is 1. The number of ether oxygens (including phenoxy) is 2. The maximum atomic E-state index is 12.4. The van der Waals surface area contributed by atoms with E-state index in [1.165, 1.54) is 0 Å². The van der Waals surface area contributed by atoms with Gasteiger partial charge in [0, 0.05) is 29.8 Å². The summed E-state index contributed by atoms with van der Waals surface area (Å²) in [4.78, 5) is 21.3. The van der Waals surface area contributed by atoms with Gasteiger partial charge in [-0.25, -0.2) is 9.97 Å². The summed E-state index contributed by atoms with van der Waals surface area (Å²) < 4.78 is 16.7. The molecule has 2 aromatic heterocycles. The van der Waals surface area contributed by atoms with Crippen LogP contribution in [0.3, 0.4) is 0 Å². The van der Waals surface area contributed by atoms with E-state index in [0.29, 0.717) is 49.8 Å². The lowest BCUT2D eigenvalue weighted by atomic mass is 9.63. The molecule has 4 rings (SSSR count). The fourth-order valence-corrected chi connectivity index (χ4v) is 4.00. The number of pyridine rings is 1. The molecule has 1 aromatic carbocycles. The number of aryl methyl sites for hydroxylation is 1. The molecule has 2 heterocycles. The minimum absolute atomic E-state index is 0.302. The number of hydrogen-bond donors (Lipinski definition) is 1. The van der Waals surface area contributed by atoms with Gasteiger partial charge < -0.3 is 19.0 Å². The molecule has 1 N–H and O–H groups in total. The molecule has 0 aliphatic heterocycles. The quantitative estimate of drug-likeness (QED) is 0.496. The van der Waals surface area contributed by atoms with Gasteiger partial charge in [0.25, 0.3) is 0 Å². The van der Waals surface area contributed by atoms with Gasteiger partial charge in [-0.3, -0.25) is 4.79 Å². The van der Waals surface area contributed by atoms with E-state index in [4.69, 9.17) is 13.9 Å². The van der Waals surface area contributed by atoms with Crippen LogP contribution in [0.5, 0.6) is 5.88 Å². The van der Waals surface area contributed by atoms with E-state index >= 15 is 0 Å². The molecule has 1 fully saturated rings. The topological polar surface area (TPSA) is 94.7 Å². The van der Waals surface area contributed by atoms with E-state index in [-0.39, 0.29) is 5.97 Å². The molecule has 3 aromatic rings. The van der Waals surface area contributed by atoms with E-state index < -0.39 is 11.5 Å². The zero-order chi connectivity index (χ0) is 22.6. The Morgan fingerprint density at radius 2 is 2.00 bits per heavy atom. The first-order chi connectivity index (χ1) is 15.5. The Bertz CT molecular complexity index is 1040. The van der Waals surface area contributed by atoms with Crippen molar-refractivity contribution in [3.05, 3.63) is 65.7 Å². The minimum Gasteiger partial charge on any atom is -0.477 e. The van der Waals surface area contributed by atoms with Crippen molar-refractivity contribution in [2.45, 2.75) is 45.6 Å². The third-order valence-corrected chi connectivity index (χ3v) is 6.03. The van der Waals surface area contributed by atoms with Crippen molar-refractivity contribution < 1.29 is 23.8 Å². The first-order valence-electron chi connectivity index (χ1n) is 11.0. The molecule has 7 heteroatoms. The molecule has 0 spiro atoms. The average Bonchev–Trinajstić information content (AvgIpc) is 3.15. The van der Waals surface area contributed by atoms with Crippen LogP contribution in [0.15, 0.2) is 53.1 Å². The second kappa shape index (κ2) is 9.53. The number of carbonyl (C=O) groups is 1. The highest BCUT2D eigenvalue weighted by atomic mass is 16.5. The van der Waals surface area contributed by atoms with Crippen LogP contribution >= 0.6 is 0 Å². The predicted molar refractivity (Wildman–Crippen MR) is 118 cm³/mol. The molecule has 1 atom stereocenters. The number of rotatable bonds is 9. The van der Waals surface area contributed by atoms with Gasteiger partial charge in [0.15, 0.2) is 0 Å². The normalized spacial score (nSPS) is 15.6. The zero-order valence-electron chi connectivity index (χ0n) is 18.4. The number of hydrogen-bond acceptors (Lipinski definition) is 7. The lowest BCUT2D eigenvalue weighted by molar-refractivity contribution is -0.172. The largest absolute Gasteiger partial charge is 0.477 e. The van der Waals surface area contributed by atoms with Gasteiger partial charge in [0.1, 0.15) is 5.76 Å². The summed E-state index contributed by atoms with van der Waals surface area (Å²) in [6.07, 6.45) is 3.35. The number of carbonyl (C=O) groups excluding carboxylic acids is 1. The highest BCUT2D eigenvalue weighted by molar-refractivity contribution is 5.79. The third-order valence-electron chi connectivity index (χ3n) is 6.03. The van der Waals surface area contributed by atoms with Crippen molar-refractivity contribution in [1.82, 2.24) is 9.97 Å². The lowest BCUT2D eigenvalue weighted by Crippen LogP contribution is -2.44. The van der Waals surface area contributed by atoms with Crippen molar-refractivity contribution >= 4 is 5.97 Å². The molecule has 168 valence electrons. The Kier molecular flexibility index (Phi) is 6.55. The van der Waals surface area contributed by atoms with Gasteiger partial charge in [-0.15, -0.1) is 0 Å². The molecular formula is C25H28N2O5. The molecule has 0 radical (unpaired) electrons. The Hall–Kier alpha value is -3.19. The van der Waals surface area contributed by atoms with Crippen LogP contribution in [0.25, 0.3) is 11.5 Å². The van der Waals surface area contributed by atoms with Crippen LogP contribution in [0.1, 0.15) is 49.3 Å². The third kappa shape index (κ3) is 4.39. The molecular weight excluding hydrogens is 408 g/mol. The predicted octanol–water partition coefficient (Wildman–Crippen LogP) is 4.43. The van der Waals surface area contributed by atoms with E-state index in [1.807, 2.05) is 37.3 Å². The number of benzene rings is 1.